The van der Waals surface area contributed by atoms with Gasteiger partial charge in [-0.15, -0.1) is 22.7 Å². The van der Waals surface area contributed by atoms with Crippen LogP contribution in [0.3, 0.4) is 0 Å². The number of halogens is 1. The van der Waals surface area contributed by atoms with Crippen molar-refractivity contribution in [3.8, 4) is 0 Å². The lowest BCUT2D eigenvalue weighted by molar-refractivity contribution is 0.681. The third-order valence-corrected chi connectivity index (χ3v) is 5.40. The molecule has 3 nitrogen and oxygen atoms in total. The standard InChI is InChI=1S/C13H18BrN3S2/c1-3-4-15-6-12-7-16-13(19-12)17(2)8-11-5-10(14)9-18-11/h5,7,9,15H,3-4,6,8H2,1-2H3. The monoisotopic (exact) mass is 359 g/mol. The fourth-order valence-corrected chi connectivity index (χ4v) is 4.03. The summed E-state index contributed by atoms with van der Waals surface area (Å²) in [5.41, 5.74) is 0. The molecule has 6 heteroatoms. The quantitative estimate of drug-likeness (QED) is 0.754. The van der Waals surface area contributed by atoms with Gasteiger partial charge < -0.3 is 10.2 Å². The molecule has 0 saturated carbocycles. The molecule has 2 aromatic rings. The minimum absolute atomic E-state index is 0.908. The summed E-state index contributed by atoms with van der Waals surface area (Å²) >= 11 is 7.02. The summed E-state index contributed by atoms with van der Waals surface area (Å²) < 4.78 is 1.16. The maximum absolute atomic E-state index is 4.50. The van der Waals surface area contributed by atoms with Gasteiger partial charge in [0.25, 0.3) is 0 Å². The Morgan fingerprint density at radius 2 is 2.26 bits per heavy atom. The fourth-order valence-electron chi connectivity index (χ4n) is 1.68. The van der Waals surface area contributed by atoms with Crippen LogP contribution < -0.4 is 10.2 Å². The van der Waals surface area contributed by atoms with Crippen LogP contribution >= 0.6 is 38.6 Å². The van der Waals surface area contributed by atoms with Crippen molar-refractivity contribution in [1.82, 2.24) is 10.3 Å². The zero-order valence-corrected chi connectivity index (χ0v) is 14.4. The fraction of sp³-hybridized carbons (Fsp3) is 0.462. The van der Waals surface area contributed by atoms with E-state index < -0.39 is 0 Å². The molecule has 0 spiro atoms. The molecule has 0 amide bonds. The van der Waals surface area contributed by atoms with Gasteiger partial charge in [0.1, 0.15) is 0 Å². The second kappa shape index (κ2) is 7.38. The van der Waals surface area contributed by atoms with Gasteiger partial charge >= 0.3 is 0 Å². The number of nitrogens with one attached hydrogen (secondary N) is 1. The van der Waals surface area contributed by atoms with Crippen molar-refractivity contribution in [1.29, 1.82) is 0 Å². The highest BCUT2D eigenvalue weighted by molar-refractivity contribution is 9.10. The number of thiazole rings is 1. The average molecular weight is 360 g/mol. The van der Waals surface area contributed by atoms with E-state index in [1.165, 1.54) is 16.2 Å². The van der Waals surface area contributed by atoms with Crippen molar-refractivity contribution >= 4 is 43.7 Å². The highest BCUT2D eigenvalue weighted by Crippen LogP contribution is 2.26. The van der Waals surface area contributed by atoms with Gasteiger partial charge in [0.2, 0.25) is 0 Å². The lowest BCUT2D eigenvalue weighted by atomic mass is 10.4. The summed E-state index contributed by atoms with van der Waals surface area (Å²) in [5, 5.41) is 6.60. The lowest BCUT2D eigenvalue weighted by Crippen LogP contribution is -2.15. The van der Waals surface area contributed by atoms with Crippen molar-refractivity contribution in [3.63, 3.8) is 0 Å². The predicted molar refractivity (Wildman–Crippen MR) is 88.2 cm³/mol. The molecule has 2 heterocycles. The van der Waals surface area contributed by atoms with Crippen LogP contribution in [0, 0.1) is 0 Å². The summed E-state index contributed by atoms with van der Waals surface area (Å²) in [4.78, 5) is 9.33. The minimum Gasteiger partial charge on any atom is -0.346 e. The first-order valence-corrected chi connectivity index (χ1v) is 8.77. The molecule has 2 rings (SSSR count). The van der Waals surface area contributed by atoms with Gasteiger partial charge in [-0.1, -0.05) is 6.92 Å². The molecular formula is C13H18BrN3S2. The molecule has 1 N–H and O–H groups in total. The number of anilines is 1. The van der Waals surface area contributed by atoms with Crippen LogP contribution in [0.15, 0.2) is 22.1 Å². The highest BCUT2D eigenvalue weighted by Gasteiger charge is 2.08. The second-order valence-corrected chi connectivity index (χ2v) is 7.38. The van der Waals surface area contributed by atoms with E-state index in [0.29, 0.717) is 0 Å². The zero-order valence-electron chi connectivity index (χ0n) is 11.1. The van der Waals surface area contributed by atoms with Crippen LogP contribution in [-0.4, -0.2) is 18.6 Å². The van der Waals surface area contributed by atoms with E-state index in [-0.39, 0.29) is 0 Å². The summed E-state index contributed by atoms with van der Waals surface area (Å²) in [7, 11) is 2.09. The molecule has 0 aliphatic rings. The van der Waals surface area contributed by atoms with Gasteiger partial charge in [0, 0.05) is 39.4 Å². The Bertz CT molecular complexity index is 509. The SMILES string of the molecule is CCCNCc1cnc(N(C)Cc2cc(Br)cs2)s1. The van der Waals surface area contributed by atoms with E-state index >= 15 is 0 Å². The van der Waals surface area contributed by atoms with E-state index in [1.54, 1.807) is 22.7 Å². The molecule has 0 fully saturated rings. The first kappa shape index (κ1) is 15.0. The molecule has 0 atom stereocenters. The smallest absolute Gasteiger partial charge is 0.185 e. The van der Waals surface area contributed by atoms with Gasteiger partial charge in [-0.3, -0.25) is 0 Å². The van der Waals surface area contributed by atoms with Crippen LogP contribution in [0.2, 0.25) is 0 Å². The summed E-state index contributed by atoms with van der Waals surface area (Å²) in [6.45, 7) is 5.07. The van der Waals surface area contributed by atoms with Crippen LogP contribution in [0.5, 0.6) is 0 Å². The Morgan fingerprint density at radius 3 is 2.95 bits per heavy atom. The molecule has 0 aliphatic heterocycles. The van der Waals surface area contributed by atoms with Gasteiger partial charge in [-0.25, -0.2) is 4.98 Å². The van der Waals surface area contributed by atoms with E-state index in [0.717, 1.165) is 29.2 Å². The third-order valence-electron chi connectivity index (χ3n) is 2.61. The number of thiophene rings is 1. The molecule has 0 bridgehead atoms. The van der Waals surface area contributed by atoms with Gasteiger partial charge in [0.05, 0.1) is 6.54 Å². The Hall–Kier alpha value is -0.430. The van der Waals surface area contributed by atoms with Crippen LogP contribution in [0.4, 0.5) is 5.13 Å². The molecule has 0 aromatic carbocycles. The molecule has 0 saturated heterocycles. The number of hydrogen-bond acceptors (Lipinski definition) is 5. The summed E-state index contributed by atoms with van der Waals surface area (Å²) in [6, 6.07) is 2.17. The van der Waals surface area contributed by atoms with E-state index in [9.17, 15) is 0 Å². The molecule has 0 unspecified atom stereocenters. The summed E-state index contributed by atoms with van der Waals surface area (Å²) in [6.07, 6.45) is 3.14. The van der Waals surface area contributed by atoms with Crippen LogP contribution in [-0.2, 0) is 13.1 Å². The predicted octanol–water partition coefficient (Wildman–Crippen LogP) is 4.10. The van der Waals surface area contributed by atoms with E-state index in [2.05, 4.69) is 56.5 Å². The largest absolute Gasteiger partial charge is 0.346 e. The number of aromatic nitrogens is 1. The Morgan fingerprint density at radius 1 is 1.42 bits per heavy atom. The Balaban J connectivity index is 1.90. The minimum atomic E-state index is 0.908. The average Bonchev–Trinajstić information content (AvgIpc) is 2.99. The number of hydrogen-bond donors (Lipinski definition) is 1. The first-order chi connectivity index (χ1) is 9.19. The third kappa shape index (κ3) is 4.56. The Kier molecular flexibility index (Phi) is 5.81. The second-order valence-electron chi connectivity index (χ2n) is 4.37. The topological polar surface area (TPSA) is 28.2 Å². The van der Waals surface area contributed by atoms with E-state index in [4.69, 9.17) is 0 Å². The van der Waals surface area contributed by atoms with Gasteiger partial charge in [-0.2, -0.15) is 0 Å². The van der Waals surface area contributed by atoms with Crippen molar-refractivity contribution in [3.05, 3.63) is 31.9 Å². The highest BCUT2D eigenvalue weighted by atomic mass is 79.9. The van der Waals surface area contributed by atoms with Crippen molar-refractivity contribution in [2.45, 2.75) is 26.4 Å². The van der Waals surface area contributed by atoms with Gasteiger partial charge in [0.15, 0.2) is 5.13 Å². The number of rotatable bonds is 7. The lowest BCUT2D eigenvalue weighted by Gasteiger charge is -2.13. The van der Waals surface area contributed by atoms with Crippen molar-refractivity contribution in [2.75, 3.05) is 18.5 Å². The maximum atomic E-state index is 4.50. The summed E-state index contributed by atoms with van der Waals surface area (Å²) in [5.74, 6) is 0. The van der Waals surface area contributed by atoms with Crippen LogP contribution in [0.1, 0.15) is 23.1 Å². The van der Waals surface area contributed by atoms with Crippen molar-refractivity contribution in [2.24, 2.45) is 0 Å². The molecule has 0 radical (unpaired) electrons. The molecule has 2 aromatic heterocycles. The van der Waals surface area contributed by atoms with E-state index in [1.807, 2.05) is 6.20 Å². The van der Waals surface area contributed by atoms with Gasteiger partial charge in [-0.05, 0) is 35.0 Å². The van der Waals surface area contributed by atoms with Crippen LogP contribution in [0.25, 0.3) is 0 Å². The first-order valence-electron chi connectivity index (χ1n) is 6.28. The molecule has 104 valence electrons. The normalized spacial score (nSPS) is 10.9. The molecular weight excluding hydrogens is 342 g/mol. The molecule has 0 aliphatic carbocycles. The number of nitrogens with zero attached hydrogens (tertiary/aromatic N) is 2. The zero-order chi connectivity index (χ0) is 13.7. The maximum Gasteiger partial charge on any atom is 0.185 e. The van der Waals surface area contributed by atoms with Crippen molar-refractivity contribution < 1.29 is 0 Å². The molecule has 19 heavy (non-hydrogen) atoms. The Labute approximate surface area is 130 Å².